The third-order valence-electron chi connectivity index (χ3n) is 1.93. The highest BCUT2D eigenvalue weighted by Gasteiger charge is 2.03. The molecule has 0 radical (unpaired) electrons. The number of nitrogens with one attached hydrogen (secondary N) is 1. The van der Waals surface area contributed by atoms with E-state index in [-0.39, 0.29) is 11.9 Å². The first-order valence-electron chi connectivity index (χ1n) is 4.22. The molecule has 0 fully saturated rings. The Balaban J connectivity index is 2.87. The molecule has 0 spiro atoms. The number of carbonyl (C=O) groups excluding carboxylic acids is 1. The van der Waals surface area contributed by atoms with Gasteiger partial charge in [0.1, 0.15) is 0 Å². The normalized spacial score (nSPS) is 12.2. The molecule has 0 aliphatic carbocycles. The monoisotopic (exact) mass is 178 g/mol. The van der Waals surface area contributed by atoms with E-state index in [1.807, 2.05) is 19.1 Å². The van der Waals surface area contributed by atoms with E-state index in [1.54, 1.807) is 19.2 Å². The van der Waals surface area contributed by atoms with Crippen molar-refractivity contribution in [2.45, 2.75) is 13.0 Å². The maximum Gasteiger partial charge on any atom is 0.251 e. The molecule has 0 aliphatic heterocycles. The van der Waals surface area contributed by atoms with Gasteiger partial charge in [-0.2, -0.15) is 0 Å². The molecule has 1 atom stereocenters. The second-order valence-corrected chi connectivity index (χ2v) is 2.99. The molecule has 3 heteroatoms. The molecule has 0 unspecified atom stereocenters. The van der Waals surface area contributed by atoms with Crippen LogP contribution in [0.15, 0.2) is 24.3 Å². The van der Waals surface area contributed by atoms with Gasteiger partial charge in [0.05, 0.1) is 0 Å². The van der Waals surface area contributed by atoms with Gasteiger partial charge in [0.15, 0.2) is 0 Å². The van der Waals surface area contributed by atoms with Crippen LogP contribution in [-0.2, 0) is 0 Å². The van der Waals surface area contributed by atoms with Gasteiger partial charge in [0.25, 0.3) is 5.91 Å². The van der Waals surface area contributed by atoms with Crippen LogP contribution >= 0.6 is 0 Å². The molecule has 0 aromatic heterocycles. The predicted molar refractivity (Wildman–Crippen MR) is 52.4 cm³/mol. The largest absolute Gasteiger partial charge is 0.355 e. The van der Waals surface area contributed by atoms with Gasteiger partial charge in [-0.1, -0.05) is 12.1 Å². The predicted octanol–water partition coefficient (Wildman–Crippen LogP) is 1.07. The molecule has 13 heavy (non-hydrogen) atoms. The lowest BCUT2D eigenvalue weighted by atomic mass is 10.1. The maximum absolute atomic E-state index is 11.2. The smallest absolute Gasteiger partial charge is 0.251 e. The van der Waals surface area contributed by atoms with Crippen LogP contribution in [-0.4, -0.2) is 13.0 Å². The lowest BCUT2D eigenvalue weighted by Gasteiger charge is -2.05. The molecule has 1 rings (SSSR count). The summed E-state index contributed by atoms with van der Waals surface area (Å²) >= 11 is 0. The van der Waals surface area contributed by atoms with Gasteiger partial charge < -0.3 is 11.1 Å². The fraction of sp³-hybridized carbons (Fsp3) is 0.300. The minimum absolute atomic E-state index is 0.0127. The Labute approximate surface area is 77.9 Å². The van der Waals surface area contributed by atoms with Crippen molar-refractivity contribution in [1.82, 2.24) is 5.32 Å². The second kappa shape index (κ2) is 4.05. The van der Waals surface area contributed by atoms with Crippen LogP contribution in [0.3, 0.4) is 0 Å². The van der Waals surface area contributed by atoms with Crippen LogP contribution in [0.25, 0.3) is 0 Å². The van der Waals surface area contributed by atoms with Crippen molar-refractivity contribution in [3.8, 4) is 0 Å². The fourth-order valence-electron chi connectivity index (χ4n) is 1.08. The van der Waals surface area contributed by atoms with Crippen LogP contribution in [0.2, 0.25) is 0 Å². The van der Waals surface area contributed by atoms with Crippen LogP contribution in [0, 0.1) is 0 Å². The van der Waals surface area contributed by atoms with Crippen molar-refractivity contribution < 1.29 is 4.79 Å². The number of benzene rings is 1. The Bertz CT molecular complexity index is 290. The van der Waals surface area contributed by atoms with E-state index in [4.69, 9.17) is 5.73 Å². The van der Waals surface area contributed by atoms with E-state index in [1.165, 1.54) is 0 Å². The standard InChI is InChI=1S/C10H14N2O/c1-7(11)8-3-5-9(6-4-8)10(13)12-2/h3-7H,11H2,1-2H3,(H,12,13)/t7-/m0/s1. The van der Waals surface area contributed by atoms with Crippen molar-refractivity contribution in [3.05, 3.63) is 35.4 Å². The van der Waals surface area contributed by atoms with Crippen molar-refractivity contribution in [2.24, 2.45) is 5.73 Å². The average molecular weight is 178 g/mol. The van der Waals surface area contributed by atoms with E-state index >= 15 is 0 Å². The molecule has 1 amide bonds. The number of hydrogen-bond donors (Lipinski definition) is 2. The number of amides is 1. The van der Waals surface area contributed by atoms with E-state index in [9.17, 15) is 4.79 Å². The topological polar surface area (TPSA) is 55.1 Å². The number of rotatable bonds is 2. The summed E-state index contributed by atoms with van der Waals surface area (Å²) in [4.78, 5) is 11.2. The Morgan fingerprint density at radius 2 is 1.92 bits per heavy atom. The summed E-state index contributed by atoms with van der Waals surface area (Å²) in [5, 5.41) is 2.56. The Morgan fingerprint density at radius 1 is 1.38 bits per heavy atom. The molecule has 1 aromatic carbocycles. The van der Waals surface area contributed by atoms with Crippen molar-refractivity contribution >= 4 is 5.91 Å². The molecular formula is C10H14N2O. The van der Waals surface area contributed by atoms with Crippen molar-refractivity contribution in [3.63, 3.8) is 0 Å². The zero-order valence-corrected chi connectivity index (χ0v) is 7.87. The highest BCUT2D eigenvalue weighted by Crippen LogP contribution is 2.10. The van der Waals surface area contributed by atoms with E-state index in [0.29, 0.717) is 5.56 Å². The third-order valence-corrected chi connectivity index (χ3v) is 1.93. The summed E-state index contributed by atoms with van der Waals surface area (Å²) in [6, 6.07) is 7.30. The van der Waals surface area contributed by atoms with Gasteiger partial charge >= 0.3 is 0 Å². The Kier molecular flexibility index (Phi) is 3.03. The van der Waals surface area contributed by atoms with Crippen molar-refractivity contribution in [1.29, 1.82) is 0 Å². The summed E-state index contributed by atoms with van der Waals surface area (Å²) in [6.45, 7) is 1.91. The first kappa shape index (κ1) is 9.74. The molecule has 0 aliphatic rings. The summed E-state index contributed by atoms with van der Waals surface area (Å²) in [6.07, 6.45) is 0. The molecule has 0 saturated carbocycles. The van der Waals surface area contributed by atoms with Crippen molar-refractivity contribution in [2.75, 3.05) is 7.05 Å². The minimum atomic E-state index is -0.0729. The summed E-state index contributed by atoms with van der Waals surface area (Å²) in [7, 11) is 1.61. The van der Waals surface area contributed by atoms with Gasteiger partial charge in [-0.25, -0.2) is 0 Å². The lowest BCUT2D eigenvalue weighted by Crippen LogP contribution is -2.17. The van der Waals surface area contributed by atoms with Crippen LogP contribution in [0.5, 0.6) is 0 Å². The molecule has 3 N–H and O–H groups in total. The van der Waals surface area contributed by atoms with Gasteiger partial charge in [0, 0.05) is 18.7 Å². The quantitative estimate of drug-likeness (QED) is 0.711. The van der Waals surface area contributed by atoms with E-state index in [2.05, 4.69) is 5.32 Å². The lowest BCUT2D eigenvalue weighted by molar-refractivity contribution is 0.0963. The van der Waals surface area contributed by atoms with Crippen LogP contribution in [0.1, 0.15) is 28.9 Å². The molecule has 70 valence electrons. The SMILES string of the molecule is CNC(=O)c1ccc([C@H](C)N)cc1. The summed E-state index contributed by atoms with van der Waals surface area (Å²) < 4.78 is 0. The molecular weight excluding hydrogens is 164 g/mol. The summed E-state index contributed by atoms with van der Waals surface area (Å²) in [5.41, 5.74) is 7.37. The van der Waals surface area contributed by atoms with Crippen LogP contribution < -0.4 is 11.1 Å². The molecule has 1 aromatic rings. The second-order valence-electron chi connectivity index (χ2n) is 2.99. The Hall–Kier alpha value is -1.35. The first-order chi connectivity index (χ1) is 6.15. The summed E-state index contributed by atoms with van der Waals surface area (Å²) in [5.74, 6) is -0.0729. The number of carbonyl (C=O) groups is 1. The minimum Gasteiger partial charge on any atom is -0.355 e. The Morgan fingerprint density at radius 3 is 2.31 bits per heavy atom. The molecule has 0 saturated heterocycles. The third kappa shape index (κ3) is 2.29. The van der Waals surface area contributed by atoms with Gasteiger partial charge in [0.2, 0.25) is 0 Å². The van der Waals surface area contributed by atoms with Gasteiger partial charge in [-0.15, -0.1) is 0 Å². The fourth-order valence-corrected chi connectivity index (χ4v) is 1.08. The molecule has 3 nitrogen and oxygen atoms in total. The zero-order chi connectivity index (χ0) is 9.84. The number of nitrogens with two attached hydrogens (primary N) is 1. The van der Waals surface area contributed by atoms with E-state index in [0.717, 1.165) is 5.56 Å². The van der Waals surface area contributed by atoms with Gasteiger partial charge in [-0.05, 0) is 24.6 Å². The first-order valence-corrected chi connectivity index (χ1v) is 4.22. The number of hydrogen-bond acceptors (Lipinski definition) is 2. The molecule has 0 heterocycles. The average Bonchev–Trinajstić information content (AvgIpc) is 2.17. The maximum atomic E-state index is 11.2. The molecule has 0 bridgehead atoms. The van der Waals surface area contributed by atoms with E-state index < -0.39 is 0 Å². The zero-order valence-electron chi connectivity index (χ0n) is 7.87. The van der Waals surface area contributed by atoms with Crippen LogP contribution in [0.4, 0.5) is 0 Å². The highest BCUT2D eigenvalue weighted by atomic mass is 16.1. The van der Waals surface area contributed by atoms with Gasteiger partial charge in [-0.3, -0.25) is 4.79 Å². The highest BCUT2D eigenvalue weighted by molar-refractivity contribution is 5.93.